The van der Waals surface area contributed by atoms with Gasteiger partial charge in [-0.3, -0.25) is 0 Å². The first kappa shape index (κ1) is 12.9. The first-order valence-electron chi connectivity index (χ1n) is 4.94. The molecule has 1 unspecified atom stereocenters. The molecule has 0 spiro atoms. The van der Waals surface area contributed by atoms with Crippen molar-refractivity contribution in [3.8, 4) is 0 Å². The van der Waals surface area contributed by atoms with Gasteiger partial charge >= 0.3 is 6.09 Å². The number of carbonyl (C=O) groups is 1. The summed E-state index contributed by atoms with van der Waals surface area (Å²) in [6.45, 7) is -0.173. The molecule has 0 fully saturated rings. The lowest BCUT2D eigenvalue weighted by Crippen LogP contribution is -2.38. The topological polar surface area (TPSA) is 69.6 Å². The van der Waals surface area contributed by atoms with Crippen LogP contribution in [-0.2, 0) is 5.75 Å². The molecule has 1 amide bonds. The van der Waals surface area contributed by atoms with Gasteiger partial charge in [-0.05, 0) is 5.56 Å². The van der Waals surface area contributed by atoms with Crippen molar-refractivity contribution in [2.45, 2.75) is 11.8 Å². The van der Waals surface area contributed by atoms with Crippen molar-refractivity contribution >= 4 is 17.9 Å². The molecule has 0 aliphatic heterocycles. The molecule has 0 aliphatic carbocycles. The van der Waals surface area contributed by atoms with E-state index in [2.05, 4.69) is 5.32 Å². The summed E-state index contributed by atoms with van der Waals surface area (Å²) < 4.78 is 0. The van der Waals surface area contributed by atoms with E-state index in [1.54, 1.807) is 11.8 Å². The highest BCUT2D eigenvalue weighted by Crippen LogP contribution is 2.12. The first-order valence-corrected chi connectivity index (χ1v) is 6.10. The summed E-state index contributed by atoms with van der Waals surface area (Å²) in [4.78, 5) is 10.4. The Labute approximate surface area is 98.7 Å². The fraction of sp³-hybridized carbons (Fsp3) is 0.364. The quantitative estimate of drug-likeness (QED) is 0.706. The normalized spacial score (nSPS) is 12.1. The van der Waals surface area contributed by atoms with Gasteiger partial charge in [0, 0.05) is 11.5 Å². The van der Waals surface area contributed by atoms with E-state index >= 15 is 0 Å². The Hall–Kier alpha value is -1.20. The van der Waals surface area contributed by atoms with E-state index < -0.39 is 12.1 Å². The number of amides is 1. The van der Waals surface area contributed by atoms with Crippen molar-refractivity contribution in [1.29, 1.82) is 0 Å². The molecule has 0 aromatic heterocycles. The zero-order valence-electron chi connectivity index (χ0n) is 8.80. The third-order valence-electron chi connectivity index (χ3n) is 1.98. The molecule has 88 valence electrons. The molecule has 5 heteroatoms. The van der Waals surface area contributed by atoms with E-state index in [0.717, 1.165) is 5.75 Å². The lowest BCUT2D eigenvalue weighted by atomic mass is 10.2. The second-order valence-corrected chi connectivity index (χ2v) is 4.36. The van der Waals surface area contributed by atoms with Gasteiger partial charge in [-0.2, -0.15) is 11.8 Å². The van der Waals surface area contributed by atoms with E-state index in [0.29, 0.717) is 5.75 Å². The van der Waals surface area contributed by atoms with Crippen molar-refractivity contribution in [3.05, 3.63) is 35.9 Å². The van der Waals surface area contributed by atoms with Crippen LogP contribution in [0.1, 0.15) is 5.56 Å². The molecule has 0 radical (unpaired) electrons. The van der Waals surface area contributed by atoms with Crippen molar-refractivity contribution in [1.82, 2.24) is 5.32 Å². The number of aliphatic hydroxyl groups excluding tert-OH is 1. The summed E-state index contributed by atoms with van der Waals surface area (Å²) in [5.41, 5.74) is 1.19. The molecule has 1 atom stereocenters. The number of carboxylic acid groups (broad SMARTS) is 1. The van der Waals surface area contributed by atoms with Gasteiger partial charge in [0.2, 0.25) is 0 Å². The lowest BCUT2D eigenvalue weighted by molar-refractivity contribution is 0.181. The fourth-order valence-corrected chi connectivity index (χ4v) is 2.23. The van der Waals surface area contributed by atoms with Crippen LogP contribution >= 0.6 is 11.8 Å². The third kappa shape index (κ3) is 5.04. The highest BCUT2D eigenvalue weighted by Gasteiger charge is 2.09. The van der Waals surface area contributed by atoms with Crippen LogP contribution in [0.25, 0.3) is 0 Å². The van der Waals surface area contributed by atoms with E-state index in [-0.39, 0.29) is 6.61 Å². The van der Waals surface area contributed by atoms with Crippen molar-refractivity contribution in [3.63, 3.8) is 0 Å². The van der Waals surface area contributed by atoms with Crippen LogP contribution in [0.5, 0.6) is 0 Å². The zero-order valence-corrected chi connectivity index (χ0v) is 9.61. The summed E-state index contributed by atoms with van der Waals surface area (Å²) in [5.74, 6) is 1.39. The number of nitrogens with one attached hydrogen (secondary N) is 1. The Kier molecular flexibility index (Phi) is 5.74. The fourth-order valence-electron chi connectivity index (χ4n) is 1.21. The molecule has 1 aromatic rings. The molecular weight excluding hydrogens is 226 g/mol. The predicted molar refractivity (Wildman–Crippen MR) is 64.6 cm³/mol. The summed E-state index contributed by atoms with van der Waals surface area (Å²) >= 11 is 1.60. The van der Waals surface area contributed by atoms with E-state index in [1.807, 2.05) is 30.3 Å². The number of hydrogen-bond acceptors (Lipinski definition) is 3. The van der Waals surface area contributed by atoms with E-state index in [1.165, 1.54) is 5.56 Å². The van der Waals surface area contributed by atoms with E-state index in [4.69, 9.17) is 10.2 Å². The lowest BCUT2D eigenvalue weighted by Gasteiger charge is -2.13. The number of rotatable bonds is 6. The van der Waals surface area contributed by atoms with Gasteiger partial charge in [-0.1, -0.05) is 30.3 Å². The Balaban J connectivity index is 2.26. The van der Waals surface area contributed by atoms with Gasteiger partial charge < -0.3 is 15.5 Å². The van der Waals surface area contributed by atoms with Crippen LogP contribution in [0.4, 0.5) is 4.79 Å². The van der Waals surface area contributed by atoms with E-state index in [9.17, 15) is 4.79 Å². The molecule has 0 heterocycles. The molecule has 16 heavy (non-hydrogen) atoms. The van der Waals surface area contributed by atoms with Crippen LogP contribution in [0.2, 0.25) is 0 Å². The van der Waals surface area contributed by atoms with Crippen LogP contribution < -0.4 is 5.32 Å². The highest BCUT2D eigenvalue weighted by atomic mass is 32.2. The van der Waals surface area contributed by atoms with Gasteiger partial charge in [0.1, 0.15) is 0 Å². The summed E-state index contributed by atoms with van der Waals surface area (Å²) in [6.07, 6.45) is -1.10. The Morgan fingerprint density at radius 1 is 1.38 bits per heavy atom. The molecule has 1 aromatic carbocycles. The Bertz CT molecular complexity index is 318. The monoisotopic (exact) mass is 241 g/mol. The SMILES string of the molecule is O=C(O)NC(CO)CSCc1ccccc1. The largest absolute Gasteiger partial charge is 0.465 e. The Morgan fingerprint density at radius 2 is 2.06 bits per heavy atom. The minimum atomic E-state index is -1.10. The van der Waals surface area contributed by atoms with Crippen LogP contribution in [0, 0.1) is 0 Å². The second kappa shape index (κ2) is 7.14. The number of hydrogen-bond donors (Lipinski definition) is 3. The standard InChI is InChI=1S/C11H15NO3S/c13-6-10(12-11(14)15)8-16-7-9-4-2-1-3-5-9/h1-5,10,12-13H,6-8H2,(H,14,15). The molecule has 0 aliphatic rings. The molecule has 4 nitrogen and oxygen atoms in total. The molecular formula is C11H15NO3S. The smallest absolute Gasteiger partial charge is 0.404 e. The summed E-state index contributed by atoms with van der Waals surface area (Å²) in [6, 6.07) is 9.53. The maximum Gasteiger partial charge on any atom is 0.404 e. The van der Waals surface area contributed by atoms with Crippen molar-refractivity contribution in [2.24, 2.45) is 0 Å². The first-order chi connectivity index (χ1) is 7.72. The molecule has 0 bridgehead atoms. The highest BCUT2D eigenvalue weighted by molar-refractivity contribution is 7.98. The van der Waals surface area contributed by atoms with Crippen LogP contribution in [0.3, 0.4) is 0 Å². The maximum atomic E-state index is 10.4. The van der Waals surface area contributed by atoms with Gasteiger partial charge in [-0.15, -0.1) is 0 Å². The number of thioether (sulfide) groups is 1. The second-order valence-electron chi connectivity index (χ2n) is 3.33. The zero-order chi connectivity index (χ0) is 11.8. The molecule has 1 rings (SSSR count). The molecule has 0 saturated heterocycles. The summed E-state index contributed by atoms with van der Waals surface area (Å²) in [5, 5.41) is 19.7. The van der Waals surface area contributed by atoms with Crippen LogP contribution in [-0.4, -0.2) is 34.7 Å². The average Bonchev–Trinajstić information content (AvgIpc) is 2.28. The van der Waals surface area contributed by atoms with Gasteiger partial charge in [0.15, 0.2) is 0 Å². The molecule has 3 N–H and O–H groups in total. The average molecular weight is 241 g/mol. The van der Waals surface area contributed by atoms with Gasteiger partial charge in [0.05, 0.1) is 12.6 Å². The minimum Gasteiger partial charge on any atom is -0.465 e. The number of aliphatic hydroxyl groups is 1. The minimum absolute atomic E-state index is 0.173. The van der Waals surface area contributed by atoms with Crippen molar-refractivity contribution in [2.75, 3.05) is 12.4 Å². The Morgan fingerprint density at radius 3 is 2.62 bits per heavy atom. The van der Waals surface area contributed by atoms with Gasteiger partial charge in [-0.25, -0.2) is 4.79 Å². The molecule has 0 saturated carbocycles. The predicted octanol–water partition coefficient (Wildman–Crippen LogP) is 1.55. The number of benzene rings is 1. The van der Waals surface area contributed by atoms with Crippen LogP contribution in [0.15, 0.2) is 30.3 Å². The summed E-state index contributed by atoms with van der Waals surface area (Å²) in [7, 11) is 0. The maximum absolute atomic E-state index is 10.4. The van der Waals surface area contributed by atoms with Gasteiger partial charge in [0.25, 0.3) is 0 Å². The van der Waals surface area contributed by atoms with Crippen molar-refractivity contribution < 1.29 is 15.0 Å². The third-order valence-corrected chi connectivity index (χ3v) is 3.15.